The summed E-state index contributed by atoms with van der Waals surface area (Å²) in [5, 5.41) is 9.73. The molecule has 4 aromatic rings. The second-order valence-corrected chi connectivity index (χ2v) is 7.92. The fourth-order valence-corrected chi connectivity index (χ4v) is 4.39. The van der Waals surface area contributed by atoms with E-state index >= 15 is 0 Å². The van der Waals surface area contributed by atoms with Crippen LogP contribution in [-0.4, -0.2) is 27.0 Å². The molecule has 0 spiro atoms. The Morgan fingerprint density at radius 3 is 2.77 bits per heavy atom. The average molecular weight is 416 g/mol. The third kappa shape index (κ3) is 4.09. The molecule has 2 aromatic heterocycles. The van der Waals surface area contributed by atoms with Crippen LogP contribution in [0.15, 0.2) is 61.2 Å². The van der Waals surface area contributed by atoms with Gasteiger partial charge in [-0.2, -0.15) is 5.26 Å². The number of nitriles is 1. The van der Waals surface area contributed by atoms with Crippen LogP contribution in [0.1, 0.15) is 34.8 Å². The van der Waals surface area contributed by atoms with Crippen molar-refractivity contribution in [1.29, 1.82) is 5.26 Å². The maximum Gasteiger partial charge on any atom is 0.260 e. The third-order valence-electron chi connectivity index (χ3n) is 4.97. The van der Waals surface area contributed by atoms with Crippen molar-refractivity contribution in [2.24, 2.45) is 0 Å². The van der Waals surface area contributed by atoms with E-state index in [1.807, 2.05) is 22.9 Å². The van der Waals surface area contributed by atoms with Gasteiger partial charge in [0.05, 0.1) is 28.2 Å². The zero-order valence-electron chi connectivity index (χ0n) is 16.7. The van der Waals surface area contributed by atoms with E-state index in [1.54, 1.807) is 41.7 Å². The van der Waals surface area contributed by atoms with E-state index in [0.29, 0.717) is 22.8 Å². The Kier molecular flexibility index (Phi) is 5.87. The Bertz CT molecular complexity index is 1190. The molecular weight excluding hydrogens is 394 g/mol. The fraction of sp³-hybridized carbons (Fsp3) is 0.217. The molecule has 0 bridgehead atoms. The molecule has 6 nitrogen and oxygen atoms in total. The van der Waals surface area contributed by atoms with E-state index in [2.05, 4.69) is 24.0 Å². The number of benzene rings is 2. The number of carbonyl (C=O) groups excluding carboxylic acids is 1. The van der Waals surface area contributed by atoms with Crippen molar-refractivity contribution in [1.82, 2.24) is 14.5 Å². The summed E-state index contributed by atoms with van der Waals surface area (Å²) in [6.45, 7) is 3.42. The van der Waals surface area contributed by atoms with Crippen molar-refractivity contribution in [3.63, 3.8) is 0 Å². The number of thiazole rings is 1. The highest BCUT2D eigenvalue weighted by molar-refractivity contribution is 7.22. The Morgan fingerprint density at radius 1 is 1.23 bits per heavy atom. The summed E-state index contributed by atoms with van der Waals surface area (Å²) in [5.74, 6) is -0.109. The van der Waals surface area contributed by atoms with Gasteiger partial charge in [0.15, 0.2) is 5.13 Å². The fourth-order valence-electron chi connectivity index (χ4n) is 3.35. The van der Waals surface area contributed by atoms with Crippen LogP contribution in [0, 0.1) is 11.3 Å². The normalized spacial score (nSPS) is 10.8. The lowest BCUT2D eigenvalue weighted by Gasteiger charge is -2.20. The zero-order chi connectivity index (χ0) is 20.9. The van der Waals surface area contributed by atoms with Crippen molar-refractivity contribution in [2.75, 3.05) is 11.4 Å². The lowest BCUT2D eigenvalue weighted by molar-refractivity contribution is 0.0986. The smallest absolute Gasteiger partial charge is 0.260 e. The number of hydrogen-bond acceptors (Lipinski definition) is 5. The topological polar surface area (TPSA) is 74.8 Å². The van der Waals surface area contributed by atoms with Gasteiger partial charge in [0.25, 0.3) is 5.91 Å². The number of para-hydroxylation sites is 1. The molecule has 0 aliphatic heterocycles. The first-order chi connectivity index (χ1) is 14.7. The largest absolute Gasteiger partial charge is 0.337 e. The number of aryl methyl sites for hydroxylation is 2. The predicted molar refractivity (Wildman–Crippen MR) is 119 cm³/mol. The van der Waals surface area contributed by atoms with E-state index in [4.69, 9.17) is 10.2 Å². The van der Waals surface area contributed by atoms with Crippen molar-refractivity contribution in [3.8, 4) is 6.07 Å². The van der Waals surface area contributed by atoms with Gasteiger partial charge in [0.1, 0.15) is 0 Å². The number of rotatable bonds is 7. The summed E-state index contributed by atoms with van der Waals surface area (Å²) >= 11 is 1.54. The van der Waals surface area contributed by atoms with Crippen molar-refractivity contribution in [3.05, 3.63) is 77.9 Å². The number of nitrogens with zero attached hydrogens (tertiary/aromatic N) is 5. The number of anilines is 1. The number of carbonyl (C=O) groups is 1. The second-order valence-electron chi connectivity index (χ2n) is 6.91. The zero-order valence-corrected chi connectivity index (χ0v) is 17.5. The summed E-state index contributed by atoms with van der Waals surface area (Å²) in [6.07, 6.45) is 7.11. The molecule has 0 aliphatic rings. The van der Waals surface area contributed by atoms with Crippen molar-refractivity contribution >= 4 is 32.6 Å². The maximum absolute atomic E-state index is 13.4. The molecule has 0 saturated carbocycles. The Balaban J connectivity index is 1.65. The molecule has 0 radical (unpaired) electrons. The minimum absolute atomic E-state index is 0.109. The standard InChI is InChI=1S/C23H21N5OS/c1-2-18-5-3-6-20-21(18)26-23(30-20)28(13-4-12-27-14-11-25-16-27)22(29)19-9-7-17(15-24)8-10-19/h3,5-11,14,16H,2,4,12-13H2,1H3. The van der Waals surface area contributed by atoms with Crippen LogP contribution in [0.2, 0.25) is 0 Å². The molecule has 0 fully saturated rings. The third-order valence-corrected chi connectivity index (χ3v) is 6.01. The number of aromatic nitrogens is 3. The van der Waals surface area contributed by atoms with Gasteiger partial charge < -0.3 is 4.57 Å². The molecule has 7 heteroatoms. The van der Waals surface area contributed by atoms with Crippen LogP contribution >= 0.6 is 11.3 Å². The summed E-state index contributed by atoms with van der Waals surface area (Å²) in [4.78, 5) is 24.0. The van der Waals surface area contributed by atoms with E-state index < -0.39 is 0 Å². The summed E-state index contributed by atoms with van der Waals surface area (Å²) < 4.78 is 3.08. The van der Waals surface area contributed by atoms with E-state index in [-0.39, 0.29) is 5.91 Å². The second kappa shape index (κ2) is 8.89. The van der Waals surface area contributed by atoms with Crippen molar-refractivity contribution < 1.29 is 4.79 Å². The summed E-state index contributed by atoms with van der Waals surface area (Å²) in [5.41, 5.74) is 3.23. The number of imidazole rings is 1. The van der Waals surface area contributed by atoms with Crippen LogP contribution in [0.4, 0.5) is 5.13 Å². The molecule has 2 heterocycles. The van der Waals surface area contributed by atoms with Gasteiger partial charge in [-0.15, -0.1) is 0 Å². The SMILES string of the molecule is CCc1cccc2sc(N(CCCn3ccnc3)C(=O)c3ccc(C#N)cc3)nc12. The lowest BCUT2D eigenvalue weighted by atomic mass is 10.1. The lowest BCUT2D eigenvalue weighted by Crippen LogP contribution is -2.32. The first-order valence-electron chi connectivity index (χ1n) is 9.86. The van der Waals surface area contributed by atoms with Gasteiger partial charge in [0.2, 0.25) is 0 Å². The summed E-state index contributed by atoms with van der Waals surface area (Å²) in [7, 11) is 0. The summed E-state index contributed by atoms with van der Waals surface area (Å²) in [6, 6.07) is 15.0. The molecule has 2 aromatic carbocycles. The average Bonchev–Trinajstić information content (AvgIpc) is 3.46. The van der Waals surface area contributed by atoms with E-state index in [1.165, 1.54) is 16.9 Å². The Labute approximate surface area is 179 Å². The molecule has 0 unspecified atom stereocenters. The van der Waals surface area contributed by atoms with Crippen LogP contribution in [0.5, 0.6) is 0 Å². The van der Waals surface area contributed by atoms with Gasteiger partial charge >= 0.3 is 0 Å². The predicted octanol–water partition coefficient (Wildman–Crippen LogP) is 4.66. The molecule has 0 N–H and O–H groups in total. The monoisotopic (exact) mass is 415 g/mol. The van der Waals surface area contributed by atoms with Gasteiger partial charge in [-0.05, 0) is 48.7 Å². The molecule has 0 saturated heterocycles. The van der Waals surface area contributed by atoms with Crippen LogP contribution in [0.25, 0.3) is 10.2 Å². The van der Waals surface area contributed by atoms with Crippen LogP contribution in [0.3, 0.4) is 0 Å². The van der Waals surface area contributed by atoms with Gasteiger partial charge in [-0.1, -0.05) is 30.4 Å². The molecule has 0 aliphatic carbocycles. The quantitative estimate of drug-likeness (QED) is 0.440. The van der Waals surface area contributed by atoms with Gasteiger partial charge in [-0.25, -0.2) is 9.97 Å². The highest BCUT2D eigenvalue weighted by Crippen LogP contribution is 2.32. The van der Waals surface area contributed by atoms with Gasteiger partial charge in [0, 0.05) is 31.0 Å². The Hall–Kier alpha value is -3.50. The van der Waals surface area contributed by atoms with E-state index in [0.717, 1.165) is 29.6 Å². The number of hydrogen-bond donors (Lipinski definition) is 0. The Morgan fingerprint density at radius 2 is 2.07 bits per heavy atom. The maximum atomic E-state index is 13.4. The highest BCUT2D eigenvalue weighted by Gasteiger charge is 2.21. The van der Waals surface area contributed by atoms with Crippen LogP contribution in [-0.2, 0) is 13.0 Å². The van der Waals surface area contributed by atoms with E-state index in [9.17, 15) is 4.79 Å². The number of amides is 1. The van der Waals surface area contributed by atoms with Crippen LogP contribution < -0.4 is 4.90 Å². The first kappa shape index (κ1) is 19.8. The molecular formula is C23H21N5OS. The minimum atomic E-state index is -0.109. The van der Waals surface area contributed by atoms with Gasteiger partial charge in [-0.3, -0.25) is 9.69 Å². The molecule has 30 heavy (non-hydrogen) atoms. The molecule has 0 atom stereocenters. The van der Waals surface area contributed by atoms with Crippen molar-refractivity contribution in [2.45, 2.75) is 26.3 Å². The molecule has 1 amide bonds. The number of fused-ring (bicyclic) bond motifs is 1. The highest BCUT2D eigenvalue weighted by atomic mass is 32.1. The molecule has 150 valence electrons. The minimum Gasteiger partial charge on any atom is -0.337 e. The first-order valence-corrected chi connectivity index (χ1v) is 10.7. The molecule has 4 rings (SSSR count).